The largest absolute Gasteiger partial charge is 0.396 e. The second kappa shape index (κ2) is 4.77. The average molecular weight is 175 g/mol. The Morgan fingerprint density at radius 2 is 2.00 bits per heavy atom. The summed E-state index contributed by atoms with van der Waals surface area (Å²) < 4.78 is 10.1. The highest BCUT2D eigenvalue weighted by Crippen LogP contribution is 2.15. The Morgan fingerprint density at radius 1 is 1.42 bits per heavy atom. The lowest BCUT2D eigenvalue weighted by Gasteiger charge is -2.39. The SMILES string of the molecule is COC(CN1CC(CO)C1)OC. The number of nitrogens with zero attached hydrogens (tertiary/aromatic N) is 1. The molecule has 1 heterocycles. The minimum absolute atomic E-state index is 0.135. The van der Waals surface area contributed by atoms with Gasteiger partial charge in [-0.3, -0.25) is 4.90 Å². The minimum Gasteiger partial charge on any atom is -0.396 e. The summed E-state index contributed by atoms with van der Waals surface area (Å²) in [4.78, 5) is 2.21. The van der Waals surface area contributed by atoms with E-state index in [0.717, 1.165) is 19.6 Å². The Morgan fingerprint density at radius 3 is 2.42 bits per heavy atom. The topological polar surface area (TPSA) is 41.9 Å². The molecule has 0 saturated carbocycles. The van der Waals surface area contributed by atoms with Crippen LogP contribution in [0.4, 0.5) is 0 Å². The Balaban J connectivity index is 2.09. The van der Waals surface area contributed by atoms with Gasteiger partial charge in [0.05, 0.1) is 0 Å². The lowest BCUT2D eigenvalue weighted by Crippen LogP contribution is -2.51. The van der Waals surface area contributed by atoms with E-state index in [0.29, 0.717) is 12.5 Å². The summed E-state index contributed by atoms with van der Waals surface area (Å²) in [6.07, 6.45) is -0.135. The predicted octanol–water partition coefficient (Wildman–Crippen LogP) is -0.471. The van der Waals surface area contributed by atoms with Gasteiger partial charge in [0, 0.05) is 46.4 Å². The van der Waals surface area contributed by atoms with Gasteiger partial charge < -0.3 is 14.6 Å². The molecule has 4 heteroatoms. The second-order valence-electron chi connectivity index (χ2n) is 3.17. The maximum Gasteiger partial charge on any atom is 0.169 e. The lowest BCUT2D eigenvalue weighted by molar-refractivity contribution is -0.129. The van der Waals surface area contributed by atoms with E-state index in [9.17, 15) is 0 Å². The molecule has 12 heavy (non-hydrogen) atoms. The van der Waals surface area contributed by atoms with E-state index in [4.69, 9.17) is 14.6 Å². The highest BCUT2D eigenvalue weighted by molar-refractivity contribution is 4.79. The molecular formula is C8H17NO3. The van der Waals surface area contributed by atoms with Crippen LogP contribution in [0.5, 0.6) is 0 Å². The van der Waals surface area contributed by atoms with Crippen LogP contribution in [0, 0.1) is 5.92 Å². The summed E-state index contributed by atoms with van der Waals surface area (Å²) in [5.41, 5.74) is 0. The third kappa shape index (κ3) is 2.42. The van der Waals surface area contributed by atoms with Crippen molar-refractivity contribution in [3.63, 3.8) is 0 Å². The zero-order valence-electron chi connectivity index (χ0n) is 7.69. The summed E-state index contributed by atoms with van der Waals surface area (Å²) in [5.74, 6) is 0.458. The predicted molar refractivity (Wildman–Crippen MR) is 44.8 cm³/mol. The molecule has 0 aromatic heterocycles. The monoisotopic (exact) mass is 175 g/mol. The van der Waals surface area contributed by atoms with E-state index >= 15 is 0 Å². The molecule has 0 bridgehead atoms. The van der Waals surface area contributed by atoms with Crippen molar-refractivity contribution in [3.8, 4) is 0 Å². The minimum atomic E-state index is -0.135. The normalized spacial score (nSPS) is 20.0. The molecule has 0 aromatic rings. The van der Waals surface area contributed by atoms with E-state index < -0.39 is 0 Å². The van der Waals surface area contributed by atoms with Crippen LogP contribution < -0.4 is 0 Å². The highest BCUT2D eigenvalue weighted by Gasteiger charge is 2.27. The first-order valence-electron chi connectivity index (χ1n) is 4.19. The molecule has 0 amide bonds. The average Bonchev–Trinajstić information content (AvgIpc) is 2.03. The molecule has 1 aliphatic heterocycles. The van der Waals surface area contributed by atoms with Crippen LogP contribution in [0.2, 0.25) is 0 Å². The third-order valence-corrected chi connectivity index (χ3v) is 2.22. The summed E-state index contributed by atoms with van der Waals surface area (Å²) in [6.45, 7) is 3.00. The van der Waals surface area contributed by atoms with Crippen molar-refractivity contribution in [2.75, 3.05) is 40.5 Å². The van der Waals surface area contributed by atoms with E-state index in [1.807, 2.05) is 0 Å². The number of likely N-dealkylation sites (tertiary alicyclic amines) is 1. The van der Waals surface area contributed by atoms with E-state index in [1.54, 1.807) is 14.2 Å². The van der Waals surface area contributed by atoms with Crippen molar-refractivity contribution in [3.05, 3.63) is 0 Å². The highest BCUT2D eigenvalue weighted by atomic mass is 16.7. The first-order chi connectivity index (χ1) is 5.80. The number of hydrogen-bond acceptors (Lipinski definition) is 4. The van der Waals surface area contributed by atoms with Crippen LogP contribution >= 0.6 is 0 Å². The molecule has 1 saturated heterocycles. The first kappa shape index (κ1) is 9.92. The van der Waals surface area contributed by atoms with Gasteiger partial charge in [0.2, 0.25) is 0 Å². The molecule has 0 aromatic carbocycles. The van der Waals surface area contributed by atoms with Crippen LogP contribution in [0.1, 0.15) is 0 Å². The summed E-state index contributed by atoms with van der Waals surface area (Å²) in [7, 11) is 3.27. The van der Waals surface area contributed by atoms with Crippen molar-refractivity contribution < 1.29 is 14.6 Å². The molecule has 4 nitrogen and oxygen atoms in total. The maximum atomic E-state index is 8.76. The number of rotatable bonds is 5. The molecule has 1 fully saturated rings. The van der Waals surface area contributed by atoms with Gasteiger partial charge in [0.1, 0.15) is 0 Å². The molecular weight excluding hydrogens is 158 g/mol. The zero-order valence-corrected chi connectivity index (χ0v) is 7.69. The number of methoxy groups -OCH3 is 2. The number of ether oxygens (including phenoxy) is 2. The van der Waals surface area contributed by atoms with Gasteiger partial charge in [-0.15, -0.1) is 0 Å². The molecule has 0 radical (unpaired) electrons. The van der Waals surface area contributed by atoms with Gasteiger partial charge in [0.25, 0.3) is 0 Å². The number of aliphatic hydroxyl groups excluding tert-OH is 1. The molecule has 1 rings (SSSR count). The van der Waals surface area contributed by atoms with Gasteiger partial charge in [-0.25, -0.2) is 0 Å². The first-order valence-corrected chi connectivity index (χ1v) is 4.19. The quantitative estimate of drug-likeness (QED) is 0.574. The maximum absolute atomic E-state index is 8.76. The Bertz CT molecular complexity index is 121. The van der Waals surface area contributed by atoms with Gasteiger partial charge in [0.15, 0.2) is 6.29 Å². The fraction of sp³-hybridized carbons (Fsp3) is 1.00. The molecule has 1 N–H and O–H groups in total. The van der Waals surface area contributed by atoms with Gasteiger partial charge in [-0.2, -0.15) is 0 Å². The Hall–Kier alpha value is -0.160. The summed E-state index contributed by atoms with van der Waals surface area (Å²) in [6, 6.07) is 0. The van der Waals surface area contributed by atoms with Crippen LogP contribution in [0.15, 0.2) is 0 Å². The van der Waals surface area contributed by atoms with Gasteiger partial charge in [-0.1, -0.05) is 0 Å². The zero-order chi connectivity index (χ0) is 8.97. The summed E-state index contributed by atoms with van der Waals surface area (Å²) >= 11 is 0. The molecule has 0 atom stereocenters. The molecule has 0 unspecified atom stereocenters. The standard InChI is InChI=1S/C8H17NO3/c1-11-8(12-2)5-9-3-7(4-9)6-10/h7-8,10H,3-6H2,1-2H3. The summed E-state index contributed by atoms with van der Waals surface area (Å²) in [5, 5.41) is 8.76. The van der Waals surface area contributed by atoms with Crippen LogP contribution in [0.3, 0.4) is 0 Å². The van der Waals surface area contributed by atoms with Gasteiger partial charge >= 0.3 is 0 Å². The van der Waals surface area contributed by atoms with Crippen molar-refractivity contribution in [2.24, 2.45) is 5.92 Å². The van der Waals surface area contributed by atoms with Crippen molar-refractivity contribution in [2.45, 2.75) is 6.29 Å². The van der Waals surface area contributed by atoms with Crippen molar-refractivity contribution in [1.29, 1.82) is 0 Å². The van der Waals surface area contributed by atoms with Crippen LogP contribution in [-0.4, -0.2) is 56.8 Å². The van der Waals surface area contributed by atoms with E-state index in [1.165, 1.54) is 0 Å². The molecule has 72 valence electrons. The van der Waals surface area contributed by atoms with Crippen molar-refractivity contribution in [1.82, 2.24) is 4.90 Å². The van der Waals surface area contributed by atoms with E-state index in [-0.39, 0.29) is 6.29 Å². The number of aliphatic hydroxyl groups is 1. The fourth-order valence-electron chi connectivity index (χ4n) is 1.40. The van der Waals surface area contributed by atoms with Gasteiger partial charge in [-0.05, 0) is 0 Å². The Kier molecular flexibility index (Phi) is 3.94. The van der Waals surface area contributed by atoms with E-state index in [2.05, 4.69) is 4.90 Å². The second-order valence-corrected chi connectivity index (χ2v) is 3.17. The third-order valence-electron chi connectivity index (χ3n) is 2.22. The molecule has 0 aliphatic carbocycles. The lowest BCUT2D eigenvalue weighted by atomic mass is 10.0. The molecule has 0 spiro atoms. The van der Waals surface area contributed by atoms with Crippen molar-refractivity contribution >= 4 is 0 Å². The van der Waals surface area contributed by atoms with Crippen LogP contribution in [0.25, 0.3) is 0 Å². The number of hydrogen-bond donors (Lipinski definition) is 1. The van der Waals surface area contributed by atoms with Crippen LogP contribution in [-0.2, 0) is 9.47 Å². The Labute approximate surface area is 73.1 Å². The molecule has 1 aliphatic rings. The fourth-order valence-corrected chi connectivity index (χ4v) is 1.40. The smallest absolute Gasteiger partial charge is 0.169 e.